The van der Waals surface area contributed by atoms with Crippen molar-refractivity contribution in [1.82, 2.24) is 41.3 Å². The average Bonchev–Trinajstić information content (AvgIpc) is 3.66. The van der Waals surface area contributed by atoms with Gasteiger partial charge in [0.1, 0.15) is 40.2 Å². The fraction of sp³-hybridized carbons (Fsp3) is 0.421. The smallest absolute Gasteiger partial charge is 0.408 e. The number of alkyl carbamates (subject to hydrolysis) is 1. The fourth-order valence-electron chi connectivity index (χ4n) is 7.18. The van der Waals surface area contributed by atoms with Gasteiger partial charge in [-0.2, -0.15) is 4.98 Å². The van der Waals surface area contributed by atoms with Gasteiger partial charge in [0.05, 0.1) is 18.3 Å². The van der Waals surface area contributed by atoms with E-state index in [1.54, 1.807) is 24.4 Å². The highest BCUT2D eigenvalue weighted by Gasteiger charge is 2.61. The highest BCUT2D eigenvalue weighted by atomic mass is 32.1. The van der Waals surface area contributed by atoms with Crippen LogP contribution in [0.2, 0.25) is 0 Å². The number of carbonyl (C=O) groups excluding carboxylic acids is 5. The van der Waals surface area contributed by atoms with Gasteiger partial charge in [0, 0.05) is 18.5 Å². The topological polar surface area (TPSA) is 207 Å². The number of hydrogen-bond donors (Lipinski definition) is 4. The summed E-state index contributed by atoms with van der Waals surface area (Å²) >= 11 is 1.40. The molecule has 16 nitrogen and oxygen atoms in total. The number of hydrogen-bond acceptors (Lipinski definition) is 12. The quantitative estimate of drug-likeness (QED) is 0.157. The Morgan fingerprint density at radius 1 is 1.00 bits per heavy atom. The van der Waals surface area contributed by atoms with Crippen LogP contribution < -0.4 is 26.2 Å². The molecular weight excluding hydrogens is 729 g/mol. The number of pyridine rings is 1. The summed E-state index contributed by atoms with van der Waals surface area (Å²) in [5.74, 6) is -2.01. The van der Waals surface area contributed by atoms with E-state index in [1.165, 1.54) is 28.6 Å². The van der Waals surface area contributed by atoms with Gasteiger partial charge in [-0.15, -0.1) is 11.3 Å². The Labute approximate surface area is 319 Å². The first-order valence-corrected chi connectivity index (χ1v) is 19.4. The van der Waals surface area contributed by atoms with Crippen molar-refractivity contribution in [3.8, 4) is 17.4 Å². The maximum absolute atomic E-state index is 14.5. The van der Waals surface area contributed by atoms with Crippen LogP contribution in [0, 0.1) is 5.92 Å². The Morgan fingerprint density at radius 3 is 2.67 bits per heavy atom. The number of rotatable bonds is 7. The van der Waals surface area contributed by atoms with Gasteiger partial charge < -0.3 is 29.4 Å². The van der Waals surface area contributed by atoms with Gasteiger partial charge in [0.2, 0.25) is 17.7 Å². The van der Waals surface area contributed by atoms with E-state index in [0.29, 0.717) is 46.9 Å². The minimum Gasteiger partial charge on any atom is -0.471 e. The molecule has 4 aromatic heterocycles. The maximum Gasteiger partial charge on any atom is 0.408 e. The van der Waals surface area contributed by atoms with Gasteiger partial charge >= 0.3 is 12.0 Å². The molecule has 4 N–H and O–H groups in total. The van der Waals surface area contributed by atoms with Crippen LogP contribution in [0.25, 0.3) is 21.7 Å². The Hall–Kier alpha value is -5.84. The van der Waals surface area contributed by atoms with Gasteiger partial charge in [0.25, 0.3) is 5.91 Å². The lowest BCUT2D eigenvalue weighted by Crippen LogP contribution is -2.59. The molecule has 286 valence electrons. The minimum atomic E-state index is -1.39. The van der Waals surface area contributed by atoms with Crippen LogP contribution >= 0.6 is 11.3 Å². The first kappa shape index (κ1) is 36.2. The van der Waals surface area contributed by atoms with Crippen molar-refractivity contribution < 1.29 is 37.9 Å². The molecule has 0 spiro atoms. The van der Waals surface area contributed by atoms with Gasteiger partial charge in [-0.25, -0.2) is 9.78 Å². The van der Waals surface area contributed by atoms with Crippen molar-refractivity contribution in [2.75, 3.05) is 6.54 Å². The predicted octanol–water partition coefficient (Wildman–Crippen LogP) is 3.81. The van der Waals surface area contributed by atoms with E-state index in [2.05, 4.69) is 31.5 Å². The molecule has 3 fully saturated rings. The molecule has 5 amide bonds. The first-order chi connectivity index (χ1) is 26.8. The molecule has 2 aliphatic carbocycles. The van der Waals surface area contributed by atoms with Crippen LogP contribution in [0.3, 0.4) is 0 Å². The zero-order chi connectivity index (χ0) is 37.9. The molecule has 5 atom stereocenters. The zero-order valence-electron chi connectivity index (χ0n) is 29.8. The van der Waals surface area contributed by atoms with Crippen LogP contribution in [-0.4, -0.2) is 85.9 Å². The number of ether oxygens (including phenoxy) is 2. The Bertz CT molecular complexity index is 2100. The molecule has 0 unspecified atom stereocenters. The number of hydrazine groups is 1. The molecule has 8 rings (SSSR count). The Kier molecular flexibility index (Phi) is 10.2. The molecule has 0 radical (unpaired) electrons. The van der Waals surface area contributed by atoms with E-state index in [0.717, 1.165) is 25.7 Å². The van der Waals surface area contributed by atoms with Crippen molar-refractivity contribution >= 4 is 51.3 Å². The van der Waals surface area contributed by atoms with E-state index in [1.807, 2.05) is 29.7 Å². The second-order valence-electron chi connectivity index (χ2n) is 14.2. The fourth-order valence-corrected chi connectivity index (χ4v) is 7.95. The first-order valence-electron chi connectivity index (χ1n) is 18.5. The van der Waals surface area contributed by atoms with E-state index in [9.17, 15) is 24.0 Å². The highest BCUT2D eigenvalue weighted by Crippen LogP contribution is 2.45. The third-order valence-electron chi connectivity index (χ3n) is 10.5. The van der Waals surface area contributed by atoms with Gasteiger partial charge in [-0.1, -0.05) is 24.6 Å². The highest BCUT2D eigenvalue weighted by molar-refractivity contribution is 7.17. The van der Waals surface area contributed by atoms with Gasteiger partial charge in [-0.3, -0.25) is 35.0 Å². The van der Waals surface area contributed by atoms with E-state index < -0.39 is 53.4 Å². The SMILES string of the molecule is O=C(N[C@H]1CCCC/C=C\[C@@H]2C[C@@]2(C(=O)NNC(=O)c2ccco2)NC(=O)[C@@H]2C[C@@H](Oc3nc(-c4ccccn4)nc4ccsc34)CN2C1=O)OC1CCC1. The molecule has 2 aliphatic heterocycles. The number of carbonyl (C=O) groups is 5. The van der Waals surface area contributed by atoms with Gasteiger partial charge in [0.15, 0.2) is 11.6 Å². The van der Waals surface area contributed by atoms with Crippen molar-refractivity contribution in [2.45, 2.75) is 87.6 Å². The van der Waals surface area contributed by atoms with Gasteiger partial charge in [-0.05, 0) is 80.7 Å². The zero-order valence-corrected chi connectivity index (χ0v) is 30.6. The standard InChI is InChI=1S/C38H40N8O8S/c47-32-28-19-24(53-34-30-25(15-18-55-30)40-31(42-34)26-12-5-6-16-39-26)21-46(28)35(49)27(41-37(51)54-23-10-7-11-23)13-4-2-1-3-9-22-20-38(22,43-32)36(50)45-44-33(48)29-14-8-17-52-29/h3,5-6,8-9,12,14-18,22-24,27-28H,1-2,4,7,10-11,13,19-21H2,(H,41,51)(H,43,47)(H,44,48)(H,45,50)/b9-3-/t22-,24-,27+,28+,38-/m1/s1. The largest absolute Gasteiger partial charge is 0.471 e. The molecule has 6 heterocycles. The Balaban J connectivity index is 1.07. The normalized spacial score (nSPS) is 26.0. The predicted molar refractivity (Wildman–Crippen MR) is 197 cm³/mol. The second-order valence-corrected chi connectivity index (χ2v) is 15.1. The maximum atomic E-state index is 14.5. The summed E-state index contributed by atoms with van der Waals surface area (Å²) in [4.78, 5) is 83.3. The van der Waals surface area contributed by atoms with E-state index in [-0.39, 0.29) is 37.2 Å². The molecule has 1 saturated heterocycles. The summed E-state index contributed by atoms with van der Waals surface area (Å²) in [6, 6.07) is 8.25. The lowest BCUT2D eigenvalue weighted by molar-refractivity contribution is -0.141. The second kappa shape index (κ2) is 15.5. The van der Waals surface area contributed by atoms with Crippen molar-refractivity contribution in [3.05, 3.63) is 72.2 Å². The molecule has 17 heteroatoms. The Morgan fingerprint density at radius 2 is 1.89 bits per heavy atom. The molecule has 4 aliphatic rings. The van der Waals surface area contributed by atoms with Crippen molar-refractivity contribution in [1.29, 1.82) is 0 Å². The molecule has 4 aromatic rings. The lowest BCUT2D eigenvalue weighted by atomic mass is 9.96. The number of furan rings is 1. The number of thiophene rings is 1. The summed E-state index contributed by atoms with van der Waals surface area (Å²) in [7, 11) is 0. The van der Waals surface area contributed by atoms with Crippen LogP contribution in [0.5, 0.6) is 5.88 Å². The third-order valence-corrected chi connectivity index (χ3v) is 11.4. The van der Waals surface area contributed by atoms with Crippen molar-refractivity contribution in [2.24, 2.45) is 5.92 Å². The number of nitrogens with one attached hydrogen (secondary N) is 4. The molecular formula is C38H40N8O8S. The van der Waals surface area contributed by atoms with E-state index >= 15 is 0 Å². The molecule has 2 saturated carbocycles. The monoisotopic (exact) mass is 768 g/mol. The average molecular weight is 769 g/mol. The molecule has 55 heavy (non-hydrogen) atoms. The van der Waals surface area contributed by atoms with E-state index in [4.69, 9.17) is 18.9 Å². The summed E-state index contributed by atoms with van der Waals surface area (Å²) in [5.41, 5.74) is 4.63. The van der Waals surface area contributed by atoms with Crippen LogP contribution in [0.4, 0.5) is 4.79 Å². The number of amides is 5. The molecule has 0 aromatic carbocycles. The number of allylic oxidation sites excluding steroid dienone is 1. The summed E-state index contributed by atoms with van der Waals surface area (Å²) in [6.07, 6.45) is 10.5. The summed E-state index contributed by atoms with van der Waals surface area (Å²) < 4.78 is 17.9. The number of nitrogens with zero attached hydrogens (tertiary/aromatic N) is 4. The van der Waals surface area contributed by atoms with Crippen LogP contribution in [0.15, 0.2) is 70.8 Å². The lowest BCUT2D eigenvalue weighted by Gasteiger charge is -2.31. The summed E-state index contributed by atoms with van der Waals surface area (Å²) in [5, 5.41) is 7.60. The van der Waals surface area contributed by atoms with Crippen LogP contribution in [-0.2, 0) is 19.1 Å². The number of aromatic nitrogens is 3. The third kappa shape index (κ3) is 7.74. The minimum absolute atomic E-state index is 0.00151. The number of fused-ring (bicyclic) bond motifs is 3. The van der Waals surface area contributed by atoms with Crippen LogP contribution in [0.1, 0.15) is 68.3 Å². The summed E-state index contributed by atoms with van der Waals surface area (Å²) in [6.45, 7) is 0.00426. The van der Waals surface area contributed by atoms with Crippen molar-refractivity contribution in [3.63, 3.8) is 0 Å². The molecule has 0 bridgehead atoms.